The fraction of sp³-hybridized carbons (Fsp3) is 0.368. The molecule has 136 valence electrons. The molecule has 2 aromatic rings. The zero-order chi connectivity index (χ0) is 18.6. The summed E-state index contributed by atoms with van der Waals surface area (Å²) in [5.41, 5.74) is 6.38. The lowest BCUT2D eigenvalue weighted by molar-refractivity contribution is 0.281. The first-order chi connectivity index (χ1) is 11.7. The van der Waals surface area contributed by atoms with Crippen LogP contribution in [0.5, 0.6) is 5.75 Å². The SMILES string of the molecule is Cc1cc(OCCNS(C)(=O)=O)cc(C)c1-c1cccc(CO)c1C. The van der Waals surface area contributed by atoms with Crippen molar-refractivity contribution in [3.63, 3.8) is 0 Å². The molecule has 0 bridgehead atoms. The van der Waals surface area contributed by atoms with E-state index in [2.05, 4.69) is 10.8 Å². The smallest absolute Gasteiger partial charge is 0.208 e. The van der Waals surface area contributed by atoms with Gasteiger partial charge in [-0.25, -0.2) is 13.1 Å². The van der Waals surface area contributed by atoms with E-state index < -0.39 is 10.0 Å². The predicted molar refractivity (Wildman–Crippen MR) is 100 cm³/mol. The molecule has 2 N–H and O–H groups in total. The highest BCUT2D eigenvalue weighted by Gasteiger charge is 2.12. The molecular weight excluding hydrogens is 338 g/mol. The number of ether oxygens (including phenoxy) is 1. The first kappa shape index (κ1) is 19.4. The standard InChI is InChI=1S/C19H25NO4S/c1-13-10-17(24-9-8-20-25(4,22)23)11-14(2)19(13)18-7-5-6-16(12-21)15(18)3/h5-7,10-11,20-21H,8-9,12H2,1-4H3. The van der Waals surface area contributed by atoms with Crippen LogP contribution in [0.1, 0.15) is 22.3 Å². The van der Waals surface area contributed by atoms with Gasteiger partial charge in [0.15, 0.2) is 0 Å². The average molecular weight is 363 g/mol. The highest BCUT2D eigenvalue weighted by Crippen LogP contribution is 2.34. The van der Waals surface area contributed by atoms with E-state index in [0.717, 1.165) is 39.6 Å². The molecule has 0 spiro atoms. The second kappa shape index (κ2) is 7.99. The third kappa shape index (κ3) is 5.04. The van der Waals surface area contributed by atoms with E-state index >= 15 is 0 Å². The maximum atomic E-state index is 11.1. The lowest BCUT2D eigenvalue weighted by atomic mass is 9.90. The molecule has 0 fully saturated rings. The molecule has 2 aromatic carbocycles. The van der Waals surface area contributed by atoms with Crippen LogP contribution in [0.25, 0.3) is 11.1 Å². The number of aliphatic hydroxyl groups is 1. The molecule has 0 aliphatic rings. The Bertz CT molecular complexity index is 837. The minimum atomic E-state index is -3.20. The van der Waals surface area contributed by atoms with Crippen LogP contribution in [-0.4, -0.2) is 32.9 Å². The first-order valence-electron chi connectivity index (χ1n) is 8.11. The molecule has 0 saturated heterocycles. The van der Waals surface area contributed by atoms with Crippen LogP contribution in [0.4, 0.5) is 0 Å². The number of hydrogen-bond acceptors (Lipinski definition) is 4. The van der Waals surface area contributed by atoms with Gasteiger partial charge >= 0.3 is 0 Å². The second-order valence-electron chi connectivity index (χ2n) is 6.19. The van der Waals surface area contributed by atoms with Crippen molar-refractivity contribution in [2.75, 3.05) is 19.4 Å². The van der Waals surface area contributed by atoms with E-state index in [0.29, 0.717) is 5.75 Å². The monoisotopic (exact) mass is 363 g/mol. The number of aryl methyl sites for hydroxylation is 2. The maximum Gasteiger partial charge on any atom is 0.208 e. The highest BCUT2D eigenvalue weighted by atomic mass is 32.2. The van der Waals surface area contributed by atoms with Gasteiger partial charge in [0.1, 0.15) is 12.4 Å². The van der Waals surface area contributed by atoms with E-state index in [-0.39, 0.29) is 19.8 Å². The first-order valence-corrected chi connectivity index (χ1v) is 10.0. The van der Waals surface area contributed by atoms with Crippen molar-refractivity contribution in [1.29, 1.82) is 0 Å². The third-order valence-electron chi connectivity index (χ3n) is 4.13. The molecule has 6 heteroatoms. The van der Waals surface area contributed by atoms with Crippen LogP contribution in [-0.2, 0) is 16.6 Å². The summed E-state index contributed by atoms with van der Waals surface area (Å²) < 4.78 is 30.2. The molecule has 25 heavy (non-hydrogen) atoms. The average Bonchev–Trinajstić information content (AvgIpc) is 2.51. The summed E-state index contributed by atoms with van der Waals surface area (Å²) in [5.74, 6) is 0.713. The van der Waals surface area contributed by atoms with Gasteiger partial charge in [0.25, 0.3) is 0 Å². The van der Waals surface area contributed by atoms with Crippen molar-refractivity contribution in [3.05, 3.63) is 52.6 Å². The van der Waals surface area contributed by atoms with Gasteiger partial charge in [0.05, 0.1) is 12.9 Å². The van der Waals surface area contributed by atoms with Crippen LogP contribution >= 0.6 is 0 Å². The maximum absolute atomic E-state index is 11.1. The van der Waals surface area contributed by atoms with Crippen LogP contribution in [0.3, 0.4) is 0 Å². The zero-order valence-electron chi connectivity index (χ0n) is 15.1. The van der Waals surface area contributed by atoms with Crippen molar-refractivity contribution in [2.24, 2.45) is 0 Å². The Hall–Kier alpha value is -1.89. The number of aliphatic hydroxyl groups excluding tert-OH is 1. The fourth-order valence-electron chi connectivity index (χ4n) is 2.95. The van der Waals surface area contributed by atoms with E-state index in [4.69, 9.17) is 4.74 Å². The normalized spacial score (nSPS) is 11.6. The molecular formula is C19H25NO4S. The summed E-state index contributed by atoms with van der Waals surface area (Å²) in [4.78, 5) is 0. The number of benzene rings is 2. The van der Waals surface area contributed by atoms with Crippen molar-refractivity contribution < 1.29 is 18.3 Å². The second-order valence-corrected chi connectivity index (χ2v) is 8.03. The van der Waals surface area contributed by atoms with E-state index in [9.17, 15) is 13.5 Å². The number of rotatable bonds is 7. The molecule has 0 saturated carbocycles. The van der Waals surface area contributed by atoms with Gasteiger partial charge in [-0.2, -0.15) is 0 Å². The van der Waals surface area contributed by atoms with Crippen LogP contribution < -0.4 is 9.46 Å². The minimum absolute atomic E-state index is 0.0201. The minimum Gasteiger partial charge on any atom is -0.492 e. The van der Waals surface area contributed by atoms with Crippen molar-refractivity contribution in [2.45, 2.75) is 27.4 Å². The topological polar surface area (TPSA) is 75.6 Å². The quantitative estimate of drug-likeness (QED) is 0.742. The Morgan fingerprint density at radius 2 is 1.76 bits per heavy atom. The van der Waals surface area contributed by atoms with Gasteiger partial charge in [-0.3, -0.25) is 0 Å². The summed E-state index contributed by atoms with van der Waals surface area (Å²) in [6, 6.07) is 9.84. The largest absolute Gasteiger partial charge is 0.492 e. The van der Waals surface area contributed by atoms with Crippen molar-refractivity contribution >= 4 is 10.0 Å². The number of sulfonamides is 1. The molecule has 2 rings (SSSR count). The molecule has 0 amide bonds. The van der Waals surface area contributed by atoms with Crippen molar-refractivity contribution in [3.8, 4) is 16.9 Å². The van der Waals surface area contributed by atoms with Crippen LogP contribution in [0.2, 0.25) is 0 Å². The molecule has 0 aliphatic heterocycles. The molecule has 0 aliphatic carbocycles. The molecule has 0 aromatic heterocycles. The Morgan fingerprint density at radius 3 is 2.32 bits per heavy atom. The third-order valence-corrected chi connectivity index (χ3v) is 4.86. The van der Waals surface area contributed by atoms with Crippen LogP contribution in [0.15, 0.2) is 30.3 Å². The molecule has 5 nitrogen and oxygen atoms in total. The number of nitrogens with one attached hydrogen (secondary N) is 1. The fourth-order valence-corrected chi connectivity index (χ4v) is 3.41. The Morgan fingerprint density at radius 1 is 1.12 bits per heavy atom. The highest BCUT2D eigenvalue weighted by molar-refractivity contribution is 7.88. The van der Waals surface area contributed by atoms with E-state index in [1.807, 2.05) is 45.0 Å². The van der Waals surface area contributed by atoms with Gasteiger partial charge in [0, 0.05) is 6.54 Å². The van der Waals surface area contributed by atoms with Crippen molar-refractivity contribution in [1.82, 2.24) is 4.72 Å². The van der Waals surface area contributed by atoms with Gasteiger partial charge in [0.2, 0.25) is 10.0 Å². The molecule has 0 heterocycles. The zero-order valence-corrected chi connectivity index (χ0v) is 15.9. The van der Waals surface area contributed by atoms with Gasteiger partial charge < -0.3 is 9.84 Å². The predicted octanol–water partition coefficient (Wildman–Crippen LogP) is 2.70. The summed E-state index contributed by atoms with van der Waals surface area (Å²) in [7, 11) is -3.20. The molecule has 0 unspecified atom stereocenters. The van der Waals surface area contributed by atoms with E-state index in [1.165, 1.54) is 0 Å². The Kier molecular flexibility index (Phi) is 6.21. The lowest BCUT2D eigenvalue weighted by Gasteiger charge is -2.17. The molecule has 0 radical (unpaired) electrons. The van der Waals surface area contributed by atoms with Crippen LogP contribution in [0, 0.1) is 20.8 Å². The number of hydrogen-bond donors (Lipinski definition) is 2. The van der Waals surface area contributed by atoms with E-state index in [1.54, 1.807) is 0 Å². The van der Waals surface area contributed by atoms with Gasteiger partial charge in [-0.05, 0) is 66.3 Å². The molecule has 0 atom stereocenters. The summed E-state index contributed by atoms with van der Waals surface area (Å²) in [6.45, 7) is 6.58. The summed E-state index contributed by atoms with van der Waals surface area (Å²) in [5, 5.41) is 9.48. The van der Waals surface area contributed by atoms with Gasteiger partial charge in [-0.1, -0.05) is 18.2 Å². The van der Waals surface area contributed by atoms with Gasteiger partial charge in [-0.15, -0.1) is 0 Å². The Labute approximate surface area is 149 Å². The Balaban J connectivity index is 2.23. The summed E-state index contributed by atoms with van der Waals surface area (Å²) >= 11 is 0. The summed E-state index contributed by atoms with van der Waals surface area (Å²) in [6.07, 6.45) is 1.12. The lowest BCUT2D eigenvalue weighted by Crippen LogP contribution is -2.26.